The topological polar surface area (TPSA) is 22.1 Å². The molecule has 0 aliphatic rings. The van der Waals surface area contributed by atoms with Crippen molar-refractivity contribution in [1.29, 1.82) is 0 Å². The molecular formula is C8H10FNO. The largest absolute Gasteiger partial charge is 0.475 e. The Kier molecular flexibility index (Phi) is 2.41. The van der Waals surface area contributed by atoms with Crippen molar-refractivity contribution in [3.63, 3.8) is 0 Å². The Morgan fingerprint density at radius 2 is 2.27 bits per heavy atom. The molecule has 1 aromatic rings. The average Bonchev–Trinajstić information content (AvgIpc) is 1.85. The molecule has 0 spiro atoms. The van der Waals surface area contributed by atoms with E-state index >= 15 is 0 Å². The summed E-state index contributed by atoms with van der Waals surface area (Å²) in [5.41, 5.74) is 0. The maximum atomic E-state index is 12.5. The normalized spacial score (nSPS) is 10.2. The summed E-state index contributed by atoms with van der Waals surface area (Å²) in [4.78, 5) is 3.82. The van der Waals surface area contributed by atoms with Crippen LogP contribution >= 0.6 is 0 Å². The molecule has 60 valence electrons. The van der Waals surface area contributed by atoms with Gasteiger partial charge in [0.1, 0.15) is 5.82 Å². The SMILES string of the molecule is CC(C)Oc1cc(F)ccn1. The first-order chi connectivity index (χ1) is 5.18. The second-order valence-corrected chi connectivity index (χ2v) is 2.48. The number of nitrogens with zero attached hydrogens (tertiary/aromatic N) is 1. The summed E-state index contributed by atoms with van der Waals surface area (Å²) in [6.07, 6.45) is 1.41. The van der Waals surface area contributed by atoms with E-state index in [1.807, 2.05) is 13.8 Å². The Labute approximate surface area is 65.0 Å². The molecule has 0 fully saturated rings. The molecule has 0 saturated heterocycles. The van der Waals surface area contributed by atoms with E-state index in [0.29, 0.717) is 5.88 Å². The molecule has 3 heteroatoms. The molecule has 11 heavy (non-hydrogen) atoms. The van der Waals surface area contributed by atoms with Gasteiger partial charge in [0.15, 0.2) is 0 Å². The van der Waals surface area contributed by atoms with Crippen LogP contribution in [-0.2, 0) is 0 Å². The summed E-state index contributed by atoms with van der Waals surface area (Å²) in [6, 6.07) is 2.55. The van der Waals surface area contributed by atoms with Gasteiger partial charge in [-0.15, -0.1) is 0 Å². The molecule has 0 radical (unpaired) electrons. The second-order valence-electron chi connectivity index (χ2n) is 2.48. The molecular weight excluding hydrogens is 145 g/mol. The highest BCUT2D eigenvalue weighted by Gasteiger charge is 1.98. The van der Waals surface area contributed by atoms with E-state index in [0.717, 1.165) is 0 Å². The van der Waals surface area contributed by atoms with Gasteiger partial charge < -0.3 is 4.74 Å². The van der Waals surface area contributed by atoms with Crippen LogP contribution in [0.4, 0.5) is 4.39 Å². The molecule has 0 saturated carbocycles. The van der Waals surface area contributed by atoms with Crippen LogP contribution in [0.3, 0.4) is 0 Å². The summed E-state index contributed by atoms with van der Waals surface area (Å²) in [7, 11) is 0. The van der Waals surface area contributed by atoms with Crippen molar-refractivity contribution in [2.75, 3.05) is 0 Å². The Hall–Kier alpha value is -1.12. The molecule has 0 aliphatic carbocycles. The van der Waals surface area contributed by atoms with Crippen molar-refractivity contribution in [2.45, 2.75) is 20.0 Å². The quantitative estimate of drug-likeness (QED) is 0.651. The van der Waals surface area contributed by atoms with Gasteiger partial charge in [-0.25, -0.2) is 9.37 Å². The second kappa shape index (κ2) is 3.32. The molecule has 1 rings (SSSR count). The fourth-order valence-electron chi connectivity index (χ4n) is 0.691. The molecule has 0 aromatic carbocycles. The first-order valence-corrected chi connectivity index (χ1v) is 3.46. The number of aromatic nitrogens is 1. The van der Waals surface area contributed by atoms with E-state index in [2.05, 4.69) is 4.98 Å². The Morgan fingerprint density at radius 3 is 2.82 bits per heavy atom. The molecule has 0 bridgehead atoms. The summed E-state index contributed by atoms with van der Waals surface area (Å²) >= 11 is 0. The minimum atomic E-state index is -0.323. The van der Waals surface area contributed by atoms with E-state index in [1.165, 1.54) is 18.3 Å². The van der Waals surface area contributed by atoms with Crippen LogP contribution in [0.5, 0.6) is 5.88 Å². The van der Waals surface area contributed by atoms with Crippen LogP contribution in [-0.4, -0.2) is 11.1 Å². The van der Waals surface area contributed by atoms with Gasteiger partial charge in [0, 0.05) is 12.3 Å². The fraction of sp³-hybridized carbons (Fsp3) is 0.375. The highest BCUT2D eigenvalue weighted by molar-refractivity contribution is 5.11. The zero-order valence-electron chi connectivity index (χ0n) is 6.54. The lowest BCUT2D eigenvalue weighted by Crippen LogP contribution is -2.06. The maximum Gasteiger partial charge on any atom is 0.216 e. The van der Waals surface area contributed by atoms with Crippen molar-refractivity contribution in [3.8, 4) is 5.88 Å². The number of ether oxygens (including phenoxy) is 1. The molecule has 2 nitrogen and oxygen atoms in total. The third-order valence-electron chi connectivity index (χ3n) is 1.05. The van der Waals surface area contributed by atoms with Crippen molar-refractivity contribution in [2.24, 2.45) is 0 Å². The third-order valence-corrected chi connectivity index (χ3v) is 1.05. The summed E-state index contributed by atoms with van der Waals surface area (Å²) in [5, 5.41) is 0. The lowest BCUT2D eigenvalue weighted by molar-refractivity contribution is 0.231. The molecule has 0 amide bonds. The molecule has 0 aliphatic heterocycles. The van der Waals surface area contributed by atoms with Crippen LogP contribution < -0.4 is 4.74 Å². The monoisotopic (exact) mass is 155 g/mol. The minimum absolute atomic E-state index is 0.0318. The predicted molar refractivity (Wildman–Crippen MR) is 40.0 cm³/mol. The van der Waals surface area contributed by atoms with Gasteiger partial charge in [0.2, 0.25) is 5.88 Å². The van der Waals surface area contributed by atoms with Crippen molar-refractivity contribution < 1.29 is 9.13 Å². The van der Waals surface area contributed by atoms with Crippen molar-refractivity contribution >= 4 is 0 Å². The first-order valence-electron chi connectivity index (χ1n) is 3.46. The third kappa shape index (κ3) is 2.53. The fourth-order valence-corrected chi connectivity index (χ4v) is 0.691. The lowest BCUT2D eigenvalue weighted by atomic mass is 10.4. The smallest absolute Gasteiger partial charge is 0.216 e. The van der Waals surface area contributed by atoms with Gasteiger partial charge in [-0.3, -0.25) is 0 Å². The summed E-state index contributed by atoms with van der Waals surface area (Å²) in [5.74, 6) is 0.00986. The number of halogens is 1. The average molecular weight is 155 g/mol. The molecule has 1 heterocycles. The highest BCUT2D eigenvalue weighted by Crippen LogP contribution is 2.08. The van der Waals surface area contributed by atoms with Crippen LogP contribution in [0.2, 0.25) is 0 Å². The van der Waals surface area contributed by atoms with Crippen LogP contribution in [0.15, 0.2) is 18.3 Å². The van der Waals surface area contributed by atoms with Gasteiger partial charge in [0.05, 0.1) is 6.10 Å². The Morgan fingerprint density at radius 1 is 1.55 bits per heavy atom. The first kappa shape index (κ1) is 7.98. The lowest BCUT2D eigenvalue weighted by Gasteiger charge is -2.07. The Bertz CT molecular complexity index is 237. The van der Waals surface area contributed by atoms with Gasteiger partial charge in [-0.2, -0.15) is 0 Å². The van der Waals surface area contributed by atoms with E-state index in [9.17, 15) is 4.39 Å². The van der Waals surface area contributed by atoms with Gasteiger partial charge in [-0.05, 0) is 19.9 Å². The maximum absolute atomic E-state index is 12.5. The predicted octanol–water partition coefficient (Wildman–Crippen LogP) is 2.01. The van der Waals surface area contributed by atoms with Crippen LogP contribution in [0.1, 0.15) is 13.8 Å². The van der Waals surface area contributed by atoms with Crippen LogP contribution in [0.25, 0.3) is 0 Å². The van der Waals surface area contributed by atoms with Crippen molar-refractivity contribution in [3.05, 3.63) is 24.1 Å². The molecule has 1 aromatic heterocycles. The molecule has 0 atom stereocenters. The van der Waals surface area contributed by atoms with Gasteiger partial charge in [-0.1, -0.05) is 0 Å². The Balaban J connectivity index is 2.71. The highest BCUT2D eigenvalue weighted by atomic mass is 19.1. The van der Waals surface area contributed by atoms with Gasteiger partial charge >= 0.3 is 0 Å². The van der Waals surface area contributed by atoms with E-state index in [4.69, 9.17) is 4.74 Å². The molecule has 0 unspecified atom stereocenters. The number of pyridine rings is 1. The number of rotatable bonds is 2. The van der Waals surface area contributed by atoms with Crippen LogP contribution in [0, 0.1) is 5.82 Å². The standard InChI is InChI=1S/C8H10FNO/c1-6(2)11-8-5-7(9)3-4-10-8/h3-6H,1-2H3. The molecule has 0 N–H and O–H groups in total. The number of hydrogen-bond acceptors (Lipinski definition) is 2. The summed E-state index contributed by atoms with van der Waals surface area (Å²) in [6.45, 7) is 3.74. The zero-order chi connectivity index (χ0) is 8.27. The summed E-state index contributed by atoms with van der Waals surface area (Å²) < 4.78 is 17.6. The number of hydrogen-bond donors (Lipinski definition) is 0. The van der Waals surface area contributed by atoms with E-state index < -0.39 is 0 Å². The van der Waals surface area contributed by atoms with Gasteiger partial charge in [0.25, 0.3) is 0 Å². The van der Waals surface area contributed by atoms with Crippen molar-refractivity contribution in [1.82, 2.24) is 4.98 Å². The van der Waals surface area contributed by atoms with E-state index in [-0.39, 0.29) is 11.9 Å². The zero-order valence-corrected chi connectivity index (χ0v) is 6.54. The van der Waals surface area contributed by atoms with E-state index in [1.54, 1.807) is 0 Å². The minimum Gasteiger partial charge on any atom is -0.475 e.